The maximum atomic E-state index is 12.8. The van der Waals surface area contributed by atoms with Gasteiger partial charge in [-0.05, 0) is 49.2 Å². The summed E-state index contributed by atoms with van der Waals surface area (Å²) in [6.07, 6.45) is 3.91. The second-order valence-corrected chi connectivity index (χ2v) is 9.75. The van der Waals surface area contributed by atoms with Crippen LogP contribution in [0.1, 0.15) is 36.0 Å². The Balaban J connectivity index is 1.49. The van der Waals surface area contributed by atoms with E-state index in [0.29, 0.717) is 23.8 Å². The molecule has 1 amide bonds. The number of carbonyl (C=O) groups is 1. The first-order chi connectivity index (χ1) is 13.5. The number of hydrogen-bond donors (Lipinski definition) is 1. The minimum atomic E-state index is -3.51. The van der Waals surface area contributed by atoms with Crippen LogP contribution < -0.4 is 5.32 Å². The van der Waals surface area contributed by atoms with Crippen molar-refractivity contribution < 1.29 is 13.2 Å². The second-order valence-electron chi connectivity index (χ2n) is 6.78. The number of fused-ring (bicyclic) bond motifs is 1. The molecular formula is C20H21N3O3S2. The van der Waals surface area contributed by atoms with Gasteiger partial charge in [-0.2, -0.15) is 4.31 Å². The third kappa shape index (κ3) is 3.94. The lowest BCUT2D eigenvalue weighted by atomic mass is 10.2. The first-order valence-electron chi connectivity index (χ1n) is 9.31. The van der Waals surface area contributed by atoms with Crippen LogP contribution in [0.25, 0.3) is 10.2 Å². The highest BCUT2D eigenvalue weighted by Crippen LogP contribution is 2.26. The zero-order valence-electron chi connectivity index (χ0n) is 15.3. The van der Waals surface area contributed by atoms with Crippen LogP contribution in [0.4, 0.5) is 5.13 Å². The van der Waals surface area contributed by atoms with E-state index in [1.807, 2.05) is 24.3 Å². The van der Waals surface area contributed by atoms with Gasteiger partial charge in [0, 0.05) is 18.7 Å². The largest absolute Gasteiger partial charge is 0.298 e. The van der Waals surface area contributed by atoms with Gasteiger partial charge >= 0.3 is 0 Å². The van der Waals surface area contributed by atoms with E-state index in [-0.39, 0.29) is 10.8 Å². The van der Waals surface area contributed by atoms with Crippen molar-refractivity contribution >= 4 is 42.6 Å². The van der Waals surface area contributed by atoms with Crippen LogP contribution in [0.3, 0.4) is 0 Å². The average molecular weight is 416 g/mol. The molecule has 0 atom stereocenters. The Morgan fingerprint density at radius 1 is 0.964 bits per heavy atom. The minimum absolute atomic E-state index is 0.228. The Labute approximate surface area is 168 Å². The summed E-state index contributed by atoms with van der Waals surface area (Å²) in [5.74, 6) is -0.308. The molecule has 0 radical (unpaired) electrons. The van der Waals surface area contributed by atoms with Crippen LogP contribution in [0.15, 0.2) is 53.4 Å². The van der Waals surface area contributed by atoms with E-state index in [1.54, 1.807) is 16.4 Å². The number of benzene rings is 2. The molecule has 1 fully saturated rings. The maximum Gasteiger partial charge on any atom is 0.257 e. The molecule has 0 unspecified atom stereocenters. The summed E-state index contributed by atoms with van der Waals surface area (Å²) in [6.45, 7) is 1.12. The lowest BCUT2D eigenvalue weighted by Gasteiger charge is -2.20. The Kier molecular flexibility index (Phi) is 5.43. The fourth-order valence-electron chi connectivity index (χ4n) is 3.30. The molecule has 6 nitrogen and oxygen atoms in total. The smallest absolute Gasteiger partial charge is 0.257 e. The van der Waals surface area contributed by atoms with E-state index in [0.717, 1.165) is 35.9 Å². The Hall–Kier alpha value is -2.29. The predicted octanol–water partition coefficient (Wildman–Crippen LogP) is 4.11. The molecule has 0 saturated carbocycles. The summed E-state index contributed by atoms with van der Waals surface area (Å²) in [7, 11) is -3.51. The monoisotopic (exact) mass is 415 g/mol. The van der Waals surface area contributed by atoms with Gasteiger partial charge in [-0.25, -0.2) is 13.4 Å². The maximum absolute atomic E-state index is 12.8. The van der Waals surface area contributed by atoms with Gasteiger partial charge in [0.05, 0.1) is 15.1 Å². The molecule has 2 aromatic carbocycles. The number of hydrogen-bond acceptors (Lipinski definition) is 5. The van der Waals surface area contributed by atoms with Gasteiger partial charge in [0.25, 0.3) is 5.91 Å². The number of nitrogens with one attached hydrogen (secondary N) is 1. The van der Waals surface area contributed by atoms with Crippen LogP contribution >= 0.6 is 11.3 Å². The summed E-state index contributed by atoms with van der Waals surface area (Å²) in [4.78, 5) is 17.1. The van der Waals surface area contributed by atoms with Crippen molar-refractivity contribution in [3.63, 3.8) is 0 Å². The van der Waals surface area contributed by atoms with Crippen molar-refractivity contribution in [1.82, 2.24) is 9.29 Å². The molecule has 1 aliphatic heterocycles. The van der Waals surface area contributed by atoms with Crippen molar-refractivity contribution in [3.05, 3.63) is 54.1 Å². The molecule has 28 heavy (non-hydrogen) atoms. The van der Waals surface area contributed by atoms with Crippen molar-refractivity contribution in [3.8, 4) is 0 Å². The first-order valence-corrected chi connectivity index (χ1v) is 11.6. The average Bonchev–Trinajstić information content (AvgIpc) is 2.90. The Morgan fingerprint density at radius 2 is 1.64 bits per heavy atom. The molecule has 3 aromatic rings. The van der Waals surface area contributed by atoms with Gasteiger partial charge in [0.2, 0.25) is 10.0 Å². The summed E-state index contributed by atoms with van der Waals surface area (Å²) in [5.41, 5.74) is 1.23. The molecule has 1 N–H and O–H groups in total. The summed E-state index contributed by atoms with van der Waals surface area (Å²) in [5, 5.41) is 3.31. The fraction of sp³-hybridized carbons (Fsp3) is 0.300. The Bertz CT molecular complexity index is 1050. The van der Waals surface area contributed by atoms with E-state index >= 15 is 0 Å². The van der Waals surface area contributed by atoms with Crippen molar-refractivity contribution in [2.75, 3.05) is 18.4 Å². The van der Waals surface area contributed by atoms with Gasteiger partial charge in [0.15, 0.2) is 5.13 Å². The number of anilines is 1. The molecular weight excluding hydrogens is 394 g/mol. The fourth-order valence-corrected chi connectivity index (χ4v) is 5.68. The highest BCUT2D eigenvalue weighted by atomic mass is 32.2. The third-order valence-corrected chi connectivity index (χ3v) is 7.70. The highest BCUT2D eigenvalue weighted by Gasteiger charge is 2.25. The predicted molar refractivity (Wildman–Crippen MR) is 111 cm³/mol. The lowest BCUT2D eigenvalue weighted by molar-refractivity contribution is 0.102. The number of aromatic nitrogens is 1. The molecule has 1 aliphatic rings. The normalized spacial score (nSPS) is 16.0. The zero-order valence-corrected chi connectivity index (χ0v) is 16.9. The van der Waals surface area contributed by atoms with Gasteiger partial charge < -0.3 is 0 Å². The van der Waals surface area contributed by atoms with E-state index in [4.69, 9.17) is 0 Å². The standard InChI is InChI=1S/C20H21N3O3S2/c24-19(22-20-21-17-7-3-4-8-18(17)27-20)15-9-11-16(12-10-15)28(25,26)23-13-5-1-2-6-14-23/h3-4,7-12H,1-2,5-6,13-14H2,(H,21,22,24). The number of nitrogens with zero attached hydrogens (tertiary/aromatic N) is 2. The van der Waals surface area contributed by atoms with Crippen LogP contribution in [0.2, 0.25) is 0 Å². The second kappa shape index (κ2) is 7.98. The van der Waals surface area contributed by atoms with E-state index < -0.39 is 10.0 Å². The van der Waals surface area contributed by atoms with Crippen LogP contribution in [0.5, 0.6) is 0 Å². The number of carbonyl (C=O) groups excluding carboxylic acids is 1. The quantitative estimate of drug-likeness (QED) is 0.695. The first kappa shape index (κ1) is 19.0. The third-order valence-electron chi connectivity index (χ3n) is 4.83. The van der Waals surface area contributed by atoms with Crippen molar-refractivity contribution in [2.45, 2.75) is 30.6 Å². The van der Waals surface area contributed by atoms with Gasteiger partial charge in [-0.1, -0.05) is 36.3 Å². The number of amides is 1. The molecule has 1 aromatic heterocycles. The lowest BCUT2D eigenvalue weighted by Crippen LogP contribution is -2.31. The molecule has 146 valence electrons. The number of rotatable bonds is 4. The van der Waals surface area contributed by atoms with Crippen molar-refractivity contribution in [1.29, 1.82) is 0 Å². The van der Waals surface area contributed by atoms with Crippen molar-refractivity contribution in [2.24, 2.45) is 0 Å². The van der Waals surface area contributed by atoms with Crippen LogP contribution in [0, 0.1) is 0 Å². The van der Waals surface area contributed by atoms with E-state index in [2.05, 4.69) is 10.3 Å². The minimum Gasteiger partial charge on any atom is -0.298 e. The van der Waals surface area contributed by atoms with Gasteiger partial charge in [-0.3, -0.25) is 10.1 Å². The SMILES string of the molecule is O=C(Nc1nc2ccccc2s1)c1ccc(S(=O)(=O)N2CCCCCC2)cc1. The molecule has 0 aliphatic carbocycles. The molecule has 0 bridgehead atoms. The Morgan fingerprint density at radius 3 is 2.32 bits per heavy atom. The molecule has 4 rings (SSSR count). The molecule has 0 spiro atoms. The molecule has 8 heteroatoms. The van der Waals surface area contributed by atoms with Gasteiger partial charge in [-0.15, -0.1) is 0 Å². The topological polar surface area (TPSA) is 79.4 Å². The summed E-state index contributed by atoms with van der Waals surface area (Å²) >= 11 is 1.40. The van der Waals surface area contributed by atoms with E-state index in [9.17, 15) is 13.2 Å². The van der Waals surface area contributed by atoms with Crippen LogP contribution in [-0.4, -0.2) is 36.7 Å². The molecule has 2 heterocycles. The number of para-hydroxylation sites is 1. The zero-order chi connectivity index (χ0) is 19.6. The van der Waals surface area contributed by atoms with E-state index in [1.165, 1.54) is 23.5 Å². The summed E-state index contributed by atoms with van der Waals surface area (Å²) in [6, 6.07) is 13.8. The molecule has 1 saturated heterocycles. The summed E-state index contributed by atoms with van der Waals surface area (Å²) < 4.78 is 28.2. The van der Waals surface area contributed by atoms with Gasteiger partial charge in [0.1, 0.15) is 0 Å². The number of sulfonamides is 1. The highest BCUT2D eigenvalue weighted by molar-refractivity contribution is 7.89. The van der Waals surface area contributed by atoms with Crippen LogP contribution in [-0.2, 0) is 10.0 Å². The number of thiazole rings is 1.